The van der Waals surface area contributed by atoms with Gasteiger partial charge in [0.25, 0.3) is 0 Å². The van der Waals surface area contributed by atoms with Gasteiger partial charge in [0, 0.05) is 22.5 Å². The van der Waals surface area contributed by atoms with Crippen molar-refractivity contribution >= 4 is 29.2 Å². The lowest BCUT2D eigenvalue weighted by molar-refractivity contribution is 0.490. The van der Waals surface area contributed by atoms with Crippen LogP contribution in [0.1, 0.15) is 75.3 Å². The van der Waals surface area contributed by atoms with Crippen molar-refractivity contribution < 1.29 is 0 Å². The van der Waals surface area contributed by atoms with E-state index >= 15 is 0 Å². The first kappa shape index (κ1) is 35.1. The molecule has 1 aliphatic rings. The molecule has 0 saturated carbocycles. The quantitative estimate of drug-likeness (QED) is 0.136. The van der Waals surface area contributed by atoms with E-state index in [0.29, 0.717) is 0 Å². The monoisotopic (exact) mass is 699 g/mol. The van der Waals surface area contributed by atoms with Crippen LogP contribution in [-0.4, -0.2) is 0 Å². The fourth-order valence-electron chi connectivity index (χ4n) is 8.66. The van der Waals surface area contributed by atoms with Crippen LogP contribution >= 0.6 is 0 Å². The van der Waals surface area contributed by atoms with E-state index in [1.165, 1.54) is 66.9 Å². The maximum atomic E-state index is 2.46. The van der Waals surface area contributed by atoms with E-state index in [2.05, 4.69) is 222 Å². The van der Waals surface area contributed by atoms with E-state index in [1.807, 2.05) is 0 Å². The van der Waals surface area contributed by atoms with Crippen molar-refractivity contribution in [1.29, 1.82) is 0 Å². The zero-order valence-electron chi connectivity index (χ0n) is 32.2. The molecule has 0 N–H and O–H groups in total. The van der Waals surface area contributed by atoms with Crippen LogP contribution in [-0.2, 0) is 10.8 Å². The Hall–Kier alpha value is -5.92. The second-order valence-electron chi connectivity index (χ2n) is 15.6. The van der Waals surface area contributed by atoms with Crippen molar-refractivity contribution in [2.24, 2.45) is 0 Å². The summed E-state index contributed by atoms with van der Waals surface area (Å²) >= 11 is 0. The zero-order chi connectivity index (χ0) is 37.3. The zero-order valence-corrected chi connectivity index (χ0v) is 32.2. The molecule has 7 aromatic carbocycles. The summed E-state index contributed by atoms with van der Waals surface area (Å²) in [5.41, 5.74) is 17.9. The lowest BCUT2D eigenvalue weighted by Crippen LogP contribution is -2.23. The second-order valence-corrected chi connectivity index (χ2v) is 15.6. The smallest absolute Gasteiger partial charge is 0.0465 e. The number of hydrogen-bond acceptors (Lipinski definition) is 1. The first-order valence-corrected chi connectivity index (χ1v) is 19.5. The fourth-order valence-corrected chi connectivity index (χ4v) is 8.66. The lowest BCUT2D eigenvalue weighted by Gasteiger charge is -2.32. The van der Waals surface area contributed by atoms with E-state index < -0.39 is 0 Å². The minimum Gasteiger partial charge on any atom is -0.310 e. The van der Waals surface area contributed by atoms with Crippen LogP contribution in [0.5, 0.6) is 0 Å². The summed E-state index contributed by atoms with van der Waals surface area (Å²) in [6.07, 6.45) is 6.62. The number of anilines is 3. The molecule has 266 valence electrons. The maximum absolute atomic E-state index is 2.46. The first-order valence-electron chi connectivity index (χ1n) is 19.5. The van der Waals surface area contributed by atoms with Crippen molar-refractivity contribution in [2.75, 3.05) is 4.90 Å². The number of nitrogens with zero attached hydrogens (tertiary/aromatic N) is 1. The first-order chi connectivity index (χ1) is 26.3. The highest BCUT2D eigenvalue weighted by atomic mass is 15.1. The molecule has 0 radical (unpaired) electrons. The van der Waals surface area contributed by atoms with Gasteiger partial charge in [0.2, 0.25) is 0 Å². The molecule has 0 amide bonds. The minimum absolute atomic E-state index is 0.0167. The van der Waals surface area contributed by atoms with Crippen LogP contribution in [0, 0.1) is 0 Å². The van der Waals surface area contributed by atoms with Crippen molar-refractivity contribution in [3.8, 4) is 33.4 Å². The molecule has 1 heteroatoms. The molecule has 0 aromatic heterocycles. The molecule has 0 spiro atoms. The van der Waals surface area contributed by atoms with Crippen LogP contribution < -0.4 is 4.90 Å². The molecule has 1 aliphatic carbocycles. The minimum atomic E-state index is -0.0534. The Kier molecular flexibility index (Phi) is 9.42. The number of benzene rings is 7. The topological polar surface area (TPSA) is 3.24 Å². The molecule has 0 unspecified atom stereocenters. The predicted octanol–water partition coefficient (Wildman–Crippen LogP) is 15.0. The Bertz CT molecular complexity index is 2370. The molecule has 0 aliphatic heterocycles. The highest BCUT2D eigenvalue weighted by Crippen LogP contribution is 2.54. The lowest BCUT2D eigenvalue weighted by atomic mass is 9.73. The van der Waals surface area contributed by atoms with Crippen molar-refractivity contribution in [2.45, 2.75) is 58.3 Å². The van der Waals surface area contributed by atoms with Crippen LogP contribution in [0.25, 0.3) is 45.5 Å². The third-order valence-electron chi connectivity index (χ3n) is 11.5. The third kappa shape index (κ3) is 6.39. The summed E-state index contributed by atoms with van der Waals surface area (Å²) < 4.78 is 0. The van der Waals surface area contributed by atoms with Gasteiger partial charge in [0.05, 0.1) is 0 Å². The maximum Gasteiger partial charge on any atom is 0.0465 e. The molecule has 0 fully saturated rings. The fraction of sp³-hybridized carbons (Fsp3) is 0.170. The summed E-state index contributed by atoms with van der Waals surface area (Å²) in [5, 5.41) is 0. The van der Waals surface area contributed by atoms with Crippen LogP contribution in [0.15, 0.2) is 170 Å². The molecule has 7 aromatic rings. The van der Waals surface area contributed by atoms with Crippen molar-refractivity contribution in [3.63, 3.8) is 0 Å². The summed E-state index contributed by atoms with van der Waals surface area (Å²) in [6.45, 7) is 11.6. The predicted molar refractivity (Wildman–Crippen MR) is 233 cm³/mol. The average molecular weight is 700 g/mol. The number of para-hydroxylation sites is 2. The Morgan fingerprint density at radius 2 is 1.00 bits per heavy atom. The average Bonchev–Trinajstić information content (AvgIpc) is 3.49. The largest absolute Gasteiger partial charge is 0.310 e. The molecule has 8 rings (SSSR count). The molecule has 0 saturated heterocycles. The molecule has 0 atom stereocenters. The number of fused-ring (bicyclic) bond motifs is 3. The van der Waals surface area contributed by atoms with Gasteiger partial charge >= 0.3 is 0 Å². The van der Waals surface area contributed by atoms with Gasteiger partial charge in [-0.2, -0.15) is 0 Å². The Balaban J connectivity index is 1.12. The standard InChI is InChI=1S/C53H49N/c1-6-53(7-2)49-36-39(27-26-38-28-31-41(32-29-38)51-45(40-18-11-8-12-19-40)24-17-25-48(51)52(3,4)5)30-34-46(49)47-35-33-44(37-50(47)53)54(42-20-13-9-14-21-42)43-22-15-10-16-23-43/h8-37H,6-7H2,1-5H3/b27-26+. The van der Waals surface area contributed by atoms with Gasteiger partial charge in [-0.05, 0) is 116 Å². The SMILES string of the molecule is CCC1(CC)c2cc(/C=C/c3ccc(-c4c(-c5ccccc5)cccc4C(C)(C)C)cc3)ccc2-c2ccc(N(c3ccccc3)c3ccccc3)cc21. The van der Waals surface area contributed by atoms with E-state index in [9.17, 15) is 0 Å². The van der Waals surface area contributed by atoms with Crippen LogP contribution in [0.3, 0.4) is 0 Å². The highest BCUT2D eigenvalue weighted by molar-refractivity contribution is 5.89. The highest BCUT2D eigenvalue weighted by Gasteiger charge is 2.41. The molecule has 54 heavy (non-hydrogen) atoms. The van der Waals surface area contributed by atoms with E-state index in [1.54, 1.807) is 0 Å². The van der Waals surface area contributed by atoms with Gasteiger partial charge in [-0.15, -0.1) is 0 Å². The number of hydrogen-bond donors (Lipinski definition) is 0. The van der Waals surface area contributed by atoms with Gasteiger partial charge in [-0.25, -0.2) is 0 Å². The Labute approximate surface area is 322 Å². The van der Waals surface area contributed by atoms with Crippen molar-refractivity contribution in [3.05, 3.63) is 198 Å². The summed E-state index contributed by atoms with van der Waals surface area (Å²) in [7, 11) is 0. The normalized spacial score (nSPS) is 13.1. The van der Waals surface area contributed by atoms with Gasteiger partial charge < -0.3 is 4.90 Å². The van der Waals surface area contributed by atoms with Gasteiger partial charge in [-0.3, -0.25) is 0 Å². The van der Waals surface area contributed by atoms with Gasteiger partial charge in [0.1, 0.15) is 0 Å². The van der Waals surface area contributed by atoms with E-state index in [0.717, 1.165) is 24.2 Å². The third-order valence-corrected chi connectivity index (χ3v) is 11.5. The Morgan fingerprint density at radius 1 is 0.463 bits per heavy atom. The molecule has 1 nitrogen and oxygen atoms in total. The Morgan fingerprint density at radius 3 is 1.59 bits per heavy atom. The van der Waals surface area contributed by atoms with Crippen molar-refractivity contribution in [1.82, 2.24) is 0 Å². The van der Waals surface area contributed by atoms with Crippen LogP contribution in [0.4, 0.5) is 17.1 Å². The summed E-state index contributed by atoms with van der Waals surface area (Å²) in [4.78, 5) is 2.38. The van der Waals surface area contributed by atoms with Crippen LogP contribution in [0.2, 0.25) is 0 Å². The van der Waals surface area contributed by atoms with E-state index in [4.69, 9.17) is 0 Å². The summed E-state index contributed by atoms with van der Waals surface area (Å²) in [5.74, 6) is 0. The molecule has 0 heterocycles. The number of rotatable bonds is 9. The van der Waals surface area contributed by atoms with E-state index in [-0.39, 0.29) is 10.8 Å². The summed E-state index contributed by atoms with van der Waals surface area (Å²) in [6, 6.07) is 62.3. The van der Waals surface area contributed by atoms with Gasteiger partial charge in [0.15, 0.2) is 0 Å². The van der Waals surface area contributed by atoms with Gasteiger partial charge in [-0.1, -0.05) is 180 Å². The second kappa shape index (κ2) is 14.5. The molecule has 0 bridgehead atoms. The molecular weight excluding hydrogens is 651 g/mol. The molecular formula is C53H49N.